The molecule has 0 aliphatic carbocycles. The number of nitrogens with zero attached hydrogens (tertiary/aromatic N) is 1. The summed E-state index contributed by atoms with van der Waals surface area (Å²) in [5.74, 6) is 1.46. The number of hydrogen-bond donors (Lipinski definition) is 1. The van der Waals surface area contributed by atoms with Gasteiger partial charge in [0.1, 0.15) is 0 Å². The quantitative estimate of drug-likeness (QED) is 0.844. The van der Waals surface area contributed by atoms with Crippen LogP contribution in [0, 0.1) is 5.92 Å². The normalized spacial score (nSPS) is 20.5. The van der Waals surface area contributed by atoms with Crippen molar-refractivity contribution in [3.05, 3.63) is 28.2 Å². The molecule has 1 unspecified atom stereocenters. The largest absolute Gasteiger partial charge is 0.396 e. The van der Waals surface area contributed by atoms with Crippen LogP contribution >= 0.6 is 35.0 Å². The Labute approximate surface area is 122 Å². The Morgan fingerprint density at radius 3 is 2.94 bits per heavy atom. The Morgan fingerprint density at radius 1 is 1.39 bits per heavy atom. The molecule has 2 nitrogen and oxygen atoms in total. The van der Waals surface area contributed by atoms with Gasteiger partial charge in [-0.05, 0) is 37.1 Å². The van der Waals surface area contributed by atoms with Crippen LogP contribution < -0.4 is 0 Å². The van der Waals surface area contributed by atoms with Crippen LogP contribution in [-0.2, 0) is 0 Å². The minimum atomic E-state index is 0.309. The molecule has 1 aromatic rings. The molecule has 1 aliphatic heterocycles. The van der Waals surface area contributed by atoms with E-state index in [0.29, 0.717) is 12.5 Å². The van der Waals surface area contributed by atoms with Gasteiger partial charge in [-0.2, -0.15) is 0 Å². The van der Waals surface area contributed by atoms with Crippen molar-refractivity contribution >= 4 is 35.0 Å². The smallest absolute Gasteiger partial charge is 0.0542 e. The summed E-state index contributed by atoms with van der Waals surface area (Å²) in [6.07, 6.45) is 1.11. The van der Waals surface area contributed by atoms with Crippen LogP contribution in [0.3, 0.4) is 0 Å². The third-order valence-corrected chi connectivity index (χ3v) is 4.90. The molecule has 1 aliphatic rings. The van der Waals surface area contributed by atoms with Crippen LogP contribution in [0.4, 0.5) is 0 Å². The predicted octanol–water partition coefficient (Wildman–Crippen LogP) is 3.40. The first-order valence-corrected chi connectivity index (χ1v) is 7.84. The number of aliphatic hydroxyl groups excluding tert-OH is 1. The van der Waals surface area contributed by atoms with Gasteiger partial charge in [-0.3, -0.25) is 0 Å². The van der Waals surface area contributed by atoms with Crippen LogP contribution in [0.1, 0.15) is 6.42 Å². The first-order valence-electron chi connectivity index (χ1n) is 6.10. The fraction of sp³-hybridized carbons (Fsp3) is 0.538. The van der Waals surface area contributed by atoms with Crippen LogP contribution in [-0.4, -0.2) is 42.0 Å². The van der Waals surface area contributed by atoms with Gasteiger partial charge in [0.15, 0.2) is 0 Å². The Hall–Kier alpha value is 0.0700. The van der Waals surface area contributed by atoms with Gasteiger partial charge in [0.25, 0.3) is 0 Å². The summed E-state index contributed by atoms with van der Waals surface area (Å²) in [5.41, 5.74) is 0. The Kier molecular flexibility index (Phi) is 5.64. The predicted molar refractivity (Wildman–Crippen MR) is 78.8 cm³/mol. The Balaban J connectivity index is 1.77. The molecule has 1 aromatic carbocycles. The molecular weight excluding hydrogens is 289 g/mol. The molecule has 1 saturated heterocycles. The number of aliphatic hydroxyl groups is 1. The standard InChI is InChI=1S/C13H17Cl2NOS/c14-11-1-2-12(15)13(7-11)18-6-5-16-4-3-10(8-16)9-17/h1-2,7,10,17H,3-6,8-9H2. The highest BCUT2D eigenvalue weighted by Crippen LogP contribution is 2.30. The number of thioether (sulfide) groups is 1. The monoisotopic (exact) mass is 305 g/mol. The summed E-state index contributed by atoms with van der Waals surface area (Å²) in [5, 5.41) is 10.6. The molecule has 0 saturated carbocycles. The molecule has 2 rings (SSSR count). The van der Waals surface area contributed by atoms with E-state index in [0.717, 1.165) is 46.7 Å². The van der Waals surface area contributed by atoms with Crippen LogP contribution in [0.5, 0.6) is 0 Å². The lowest BCUT2D eigenvalue weighted by atomic mass is 10.1. The van der Waals surface area contributed by atoms with E-state index in [9.17, 15) is 0 Å². The second-order valence-electron chi connectivity index (χ2n) is 4.56. The average molecular weight is 306 g/mol. The molecule has 0 bridgehead atoms. The van der Waals surface area contributed by atoms with Gasteiger partial charge in [-0.25, -0.2) is 0 Å². The minimum Gasteiger partial charge on any atom is -0.396 e. The van der Waals surface area contributed by atoms with Crippen molar-refractivity contribution in [1.82, 2.24) is 4.90 Å². The molecule has 1 heterocycles. The van der Waals surface area contributed by atoms with Crippen molar-refractivity contribution in [3.8, 4) is 0 Å². The van der Waals surface area contributed by atoms with E-state index in [1.807, 2.05) is 12.1 Å². The zero-order valence-electron chi connectivity index (χ0n) is 10.1. The zero-order chi connectivity index (χ0) is 13.0. The lowest BCUT2D eigenvalue weighted by molar-refractivity contribution is 0.224. The maximum atomic E-state index is 9.09. The van der Waals surface area contributed by atoms with Crippen LogP contribution in [0.25, 0.3) is 0 Å². The summed E-state index contributed by atoms with van der Waals surface area (Å²) in [4.78, 5) is 3.44. The number of halogens is 2. The van der Waals surface area contributed by atoms with E-state index in [-0.39, 0.29) is 0 Å². The van der Waals surface area contributed by atoms with Gasteiger partial charge in [0, 0.05) is 35.4 Å². The zero-order valence-corrected chi connectivity index (χ0v) is 12.4. The number of benzene rings is 1. The number of hydrogen-bond acceptors (Lipinski definition) is 3. The van der Waals surface area contributed by atoms with Gasteiger partial charge < -0.3 is 10.0 Å². The van der Waals surface area contributed by atoms with Crippen LogP contribution in [0.15, 0.2) is 23.1 Å². The van der Waals surface area contributed by atoms with Gasteiger partial charge in [0.05, 0.1) is 5.02 Å². The number of rotatable bonds is 5. The maximum Gasteiger partial charge on any atom is 0.0542 e. The van der Waals surface area contributed by atoms with Crippen molar-refractivity contribution < 1.29 is 5.11 Å². The van der Waals surface area contributed by atoms with E-state index in [4.69, 9.17) is 28.3 Å². The average Bonchev–Trinajstić information content (AvgIpc) is 2.81. The third-order valence-electron chi connectivity index (χ3n) is 3.19. The summed E-state index contributed by atoms with van der Waals surface area (Å²) in [6, 6.07) is 5.55. The minimum absolute atomic E-state index is 0.309. The highest BCUT2D eigenvalue weighted by atomic mass is 35.5. The van der Waals surface area contributed by atoms with Gasteiger partial charge in [0.2, 0.25) is 0 Å². The summed E-state index contributed by atoms with van der Waals surface area (Å²) < 4.78 is 0. The molecule has 0 spiro atoms. The molecule has 100 valence electrons. The molecule has 0 amide bonds. The van der Waals surface area contributed by atoms with Crippen molar-refractivity contribution in [2.75, 3.05) is 32.0 Å². The summed E-state index contributed by atoms with van der Waals surface area (Å²) >= 11 is 13.8. The first kappa shape index (κ1) is 14.5. The second kappa shape index (κ2) is 7.01. The molecule has 1 atom stereocenters. The molecule has 18 heavy (non-hydrogen) atoms. The fourth-order valence-corrected chi connectivity index (χ4v) is 3.64. The lowest BCUT2D eigenvalue weighted by Crippen LogP contribution is -2.24. The highest BCUT2D eigenvalue weighted by molar-refractivity contribution is 7.99. The number of likely N-dealkylation sites (tertiary alicyclic amines) is 1. The van der Waals surface area contributed by atoms with Crippen molar-refractivity contribution in [2.45, 2.75) is 11.3 Å². The Bertz CT molecular complexity index is 403. The topological polar surface area (TPSA) is 23.5 Å². The van der Waals surface area contributed by atoms with Gasteiger partial charge in [-0.15, -0.1) is 11.8 Å². The lowest BCUT2D eigenvalue weighted by Gasteiger charge is -2.15. The summed E-state index contributed by atoms with van der Waals surface area (Å²) in [6.45, 7) is 3.45. The summed E-state index contributed by atoms with van der Waals surface area (Å²) in [7, 11) is 0. The van der Waals surface area contributed by atoms with E-state index in [1.165, 1.54) is 0 Å². The van der Waals surface area contributed by atoms with Crippen molar-refractivity contribution in [3.63, 3.8) is 0 Å². The molecule has 0 radical (unpaired) electrons. The van der Waals surface area contributed by atoms with Crippen molar-refractivity contribution in [1.29, 1.82) is 0 Å². The first-order chi connectivity index (χ1) is 8.69. The van der Waals surface area contributed by atoms with E-state index < -0.39 is 0 Å². The van der Waals surface area contributed by atoms with Gasteiger partial charge >= 0.3 is 0 Å². The SMILES string of the molecule is OCC1CCN(CCSc2cc(Cl)ccc2Cl)C1. The molecular formula is C13H17Cl2NOS. The molecule has 1 fully saturated rings. The molecule has 5 heteroatoms. The van der Waals surface area contributed by atoms with E-state index in [2.05, 4.69) is 4.90 Å². The maximum absolute atomic E-state index is 9.09. The fourth-order valence-electron chi connectivity index (χ4n) is 2.14. The molecule has 1 N–H and O–H groups in total. The van der Waals surface area contributed by atoms with Crippen LogP contribution in [0.2, 0.25) is 10.0 Å². The third kappa shape index (κ3) is 4.04. The van der Waals surface area contributed by atoms with Crippen molar-refractivity contribution in [2.24, 2.45) is 5.92 Å². The van der Waals surface area contributed by atoms with E-state index in [1.54, 1.807) is 17.8 Å². The Morgan fingerprint density at radius 2 is 2.22 bits per heavy atom. The highest BCUT2D eigenvalue weighted by Gasteiger charge is 2.20. The second-order valence-corrected chi connectivity index (χ2v) is 6.54. The van der Waals surface area contributed by atoms with Gasteiger partial charge in [-0.1, -0.05) is 23.2 Å². The van der Waals surface area contributed by atoms with E-state index >= 15 is 0 Å². The molecule has 0 aromatic heterocycles.